The molecule has 120 valence electrons. The van der Waals surface area contributed by atoms with E-state index in [4.69, 9.17) is 0 Å². The van der Waals surface area contributed by atoms with Crippen LogP contribution in [0.1, 0.15) is 10.4 Å². The van der Waals surface area contributed by atoms with Crippen LogP contribution in [0.2, 0.25) is 0 Å². The van der Waals surface area contributed by atoms with E-state index in [9.17, 15) is 19.3 Å². The number of nitro benzene ring substituents is 1. The Hall–Kier alpha value is -2.48. The molecule has 2 rings (SSSR count). The minimum atomic E-state index is -0.614. The van der Waals surface area contributed by atoms with Crippen LogP contribution in [0.4, 0.5) is 15.8 Å². The van der Waals surface area contributed by atoms with Crippen LogP contribution < -0.4 is 10.6 Å². The maximum atomic E-state index is 13.6. The van der Waals surface area contributed by atoms with E-state index in [0.29, 0.717) is 10.2 Å². The Morgan fingerprint density at radius 1 is 1.22 bits per heavy atom. The largest absolute Gasteiger partial charge is 0.378 e. The van der Waals surface area contributed by atoms with E-state index in [-0.39, 0.29) is 24.3 Å². The van der Waals surface area contributed by atoms with Crippen molar-refractivity contribution in [3.05, 3.63) is 68.4 Å². The summed E-state index contributed by atoms with van der Waals surface area (Å²) in [6, 6.07) is 10.3. The highest BCUT2D eigenvalue weighted by atomic mass is 79.9. The predicted molar refractivity (Wildman–Crippen MR) is 88.0 cm³/mol. The Balaban J connectivity index is 1.90. The van der Waals surface area contributed by atoms with Crippen molar-refractivity contribution in [2.75, 3.05) is 18.4 Å². The van der Waals surface area contributed by atoms with Crippen LogP contribution in [0.25, 0.3) is 0 Å². The van der Waals surface area contributed by atoms with Gasteiger partial charge in [0, 0.05) is 23.6 Å². The Kier molecular flexibility index (Phi) is 5.64. The molecule has 0 spiro atoms. The number of nitrogens with one attached hydrogen (secondary N) is 2. The van der Waals surface area contributed by atoms with Gasteiger partial charge < -0.3 is 10.6 Å². The average Bonchev–Trinajstić information content (AvgIpc) is 2.53. The number of benzene rings is 2. The topological polar surface area (TPSA) is 84.3 Å². The molecule has 0 aromatic heterocycles. The maximum Gasteiger partial charge on any atom is 0.292 e. The molecule has 0 atom stereocenters. The number of nitro groups is 1. The van der Waals surface area contributed by atoms with Gasteiger partial charge in [-0.05, 0) is 24.3 Å². The van der Waals surface area contributed by atoms with Gasteiger partial charge in [0.15, 0.2) is 0 Å². The standard InChI is InChI=1S/C15H13BrFN3O3/c16-10-5-6-12(17)11(9-10)15(21)19-8-7-18-13-3-1-2-4-14(13)20(22)23/h1-6,9,18H,7-8H2,(H,19,21). The number of amides is 1. The molecular formula is C15H13BrFN3O3. The summed E-state index contributed by atoms with van der Waals surface area (Å²) in [7, 11) is 0. The third kappa shape index (κ3) is 4.49. The van der Waals surface area contributed by atoms with Crippen LogP contribution in [-0.4, -0.2) is 23.9 Å². The fourth-order valence-electron chi connectivity index (χ4n) is 1.92. The normalized spacial score (nSPS) is 10.2. The van der Waals surface area contributed by atoms with Crippen molar-refractivity contribution < 1.29 is 14.1 Å². The minimum absolute atomic E-state index is 0.0446. The summed E-state index contributed by atoms with van der Waals surface area (Å²) >= 11 is 3.18. The van der Waals surface area contributed by atoms with Crippen LogP contribution in [0, 0.1) is 15.9 Å². The van der Waals surface area contributed by atoms with Gasteiger partial charge in [0.05, 0.1) is 10.5 Å². The number of anilines is 1. The van der Waals surface area contributed by atoms with Gasteiger partial charge in [-0.2, -0.15) is 0 Å². The first-order valence-corrected chi connectivity index (χ1v) is 7.49. The van der Waals surface area contributed by atoms with Crippen molar-refractivity contribution >= 4 is 33.2 Å². The number of hydrogen-bond donors (Lipinski definition) is 2. The molecule has 0 aliphatic carbocycles. The Bertz CT molecular complexity index is 740. The SMILES string of the molecule is O=C(NCCNc1ccccc1[N+](=O)[O-])c1cc(Br)ccc1F. The molecule has 0 unspecified atom stereocenters. The van der Waals surface area contributed by atoms with Crippen molar-refractivity contribution in [1.82, 2.24) is 5.32 Å². The number of carbonyl (C=O) groups excluding carboxylic acids is 1. The van der Waals surface area contributed by atoms with Crippen molar-refractivity contribution in [1.29, 1.82) is 0 Å². The van der Waals surface area contributed by atoms with Crippen LogP contribution >= 0.6 is 15.9 Å². The minimum Gasteiger partial charge on any atom is -0.378 e. The van der Waals surface area contributed by atoms with E-state index in [2.05, 4.69) is 26.6 Å². The van der Waals surface area contributed by atoms with E-state index >= 15 is 0 Å². The molecule has 8 heteroatoms. The number of hydrogen-bond acceptors (Lipinski definition) is 4. The summed E-state index contributed by atoms with van der Waals surface area (Å²) < 4.78 is 14.2. The third-order valence-electron chi connectivity index (χ3n) is 3.00. The summed E-state index contributed by atoms with van der Waals surface area (Å²) in [6.45, 7) is 0.461. The summed E-state index contributed by atoms with van der Waals surface area (Å²) in [5.74, 6) is -1.16. The quantitative estimate of drug-likeness (QED) is 0.456. The smallest absolute Gasteiger partial charge is 0.292 e. The second kappa shape index (κ2) is 7.68. The molecule has 0 saturated carbocycles. The fourth-order valence-corrected chi connectivity index (χ4v) is 2.28. The highest BCUT2D eigenvalue weighted by molar-refractivity contribution is 9.10. The summed E-state index contributed by atoms with van der Waals surface area (Å²) in [5.41, 5.74) is 0.252. The van der Waals surface area contributed by atoms with Crippen LogP contribution in [-0.2, 0) is 0 Å². The van der Waals surface area contributed by atoms with E-state index in [1.165, 1.54) is 24.3 Å². The zero-order valence-corrected chi connectivity index (χ0v) is 13.5. The Morgan fingerprint density at radius 2 is 1.96 bits per heavy atom. The molecule has 23 heavy (non-hydrogen) atoms. The number of nitrogens with zero attached hydrogens (tertiary/aromatic N) is 1. The number of halogens is 2. The Morgan fingerprint density at radius 3 is 2.70 bits per heavy atom. The predicted octanol–water partition coefficient (Wildman–Crippen LogP) is 3.34. The second-order valence-electron chi connectivity index (χ2n) is 4.58. The molecule has 2 aromatic rings. The monoisotopic (exact) mass is 381 g/mol. The van der Waals surface area contributed by atoms with Gasteiger partial charge in [-0.1, -0.05) is 28.1 Å². The lowest BCUT2D eigenvalue weighted by molar-refractivity contribution is -0.384. The van der Waals surface area contributed by atoms with E-state index in [0.717, 1.165) is 0 Å². The molecule has 0 aliphatic rings. The van der Waals surface area contributed by atoms with E-state index in [1.807, 2.05) is 0 Å². The third-order valence-corrected chi connectivity index (χ3v) is 3.49. The molecule has 0 bridgehead atoms. The van der Waals surface area contributed by atoms with Crippen molar-refractivity contribution in [2.24, 2.45) is 0 Å². The zero-order chi connectivity index (χ0) is 16.8. The summed E-state index contributed by atoms with van der Waals surface area (Å²) in [4.78, 5) is 22.3. The first-order valence-electron chi connectivity index (χ1n) is 6.69. The van der Waals surface area contributed by atoms with Crippen LogP contribution in [0.15, 0.2) is 46.9 Å². The molecule has 0 saturated heterocycles. The van der Waals surface area contributed by atoms with Crippen molar-refractivity contribution in [3.8, 4) is 0 Å². The molecule has 6 nitrogen and oxygen atoms in total. The van der Waals surface area contributed by atoms with Crippen LogP contribution in [0.3, 0.4) is 0 Å². The molecule has 2 aromatic carbocycles. The maximum absolute atomic E-state index is 13.6. The van der Waals surface area contributed by atoms with Crippen molar-refractivity contribution in [2.45, 2.75) is 0 Å². The zero-order valence-electron chi connectivity index (χ0n) is 11.9. The molecule has 1 amide bonds. The molecule has 0 radical (unpaired) electrons. The highest BCUT2D eigenvalue weighted by Crippen LogP contribution is 2.22. The van der Waals surface area contributed by atoms with Gasteiger partial charge in [0.1, 0.15) is 11.5 Å². The lowest BCUT2D eigenvalue weighted by Gasteiger charge is -2.09. The summed E-state index contributed by atoms with van der Waals surface area (Å²) in [6.07, 6.45) is 0. The number of rotatable bonds is 6. The Labute approximate surface area is 140 Å². The van der Waals surface area contributed by atoms with Gasteiger partial charge in [-0.25, -0.2) is 4.39 Å². The lowest BCUT2D eigenvalue weighted by Crippen LogP contribution is -2.29. The second-order valence-corrected chi connectivity index (χ2v) is 5.50. The average molecular weight is 382 g/mol. The van der Waals surface area contributed by atoms with Gasteiger partial charge in [-0.15, -0.1) is 0 Å². The molecule has 0 aliphatic heterocycles. The van der Waals surface area contributed by atoms with Crippen LogP contribution in [0.5, 0.6) is 0 Å². The fraction of sp³-hybridized carbons (Fsp3) is 0.133. The highest BCUT2D eigenvalue weighted by Gasteiger charge is 2.13. The van der Waals surface area contributed by atoms with E-state index in [1.54, 1.807) is 18.2 Å². The molecule has 2 N–H and O–H groups in total. The first-order chi connectivity index (χ1) is 11.0. The first kappa shape index (κ1) is 16.9. The van der Waals surface area contributed by atoms with E-state index < -0.39 is 16.6 Å². The molecule has 0 heterocycles. The van der Waals surface area contributed by atoms with Gasteiger partial charge in [0.2, 0.25) is 0 Å². The van der Waals surface area contributed by atoms with Gasteiger partial charge in [0.25, 0.3) is 11.6 Å². The van der Waals surface area contributed by atoms with Crippen molar-refractivity contribution in [3.63, 3.8) is 0 Å². The summed E-state index contributed by atoms with van der Waals surface area (Å²) in [5, 5.41) is 16.3. The number of carbonyl (C=O) groups is 1. The van der Waals surface area contributed by atoms with Gasteiger partial charge in [-0.3, -0.25) is 14.9 Å². The lowest BCUT2D eigenvalue weighted by atomic mass is 10.2. The van der Waals surface area contributed by atoms with Gasteiger partial charge >= 0.3 is 0 Å². The number of para-hydroxylation sites is 2. The molecule has 0 fully saturated rings. The molecular weight excluding hydrogens is 369 g/mol.